The van der Waals surface area contributed by atoms with E-state index >= 15 is 0 Å². The first kappa shape index (κ1) is 13.6. The Bertz CT molecular complexity index is 452. The zero-order valence-electron chi connectivity index (χ0n) is 11.9. The van der Waals surface area contributed by atoms with Crippen LogP contribution in [0.15, 0.2) is 48.5 Å². The topological polar surface area (TPSA) is 24.1 Å². The van der Waals surface area contributed by atoms with E-state index in [0.717, 1.165) is 12.1 Å². The van der Waals surface area contributed by atoms with Crippen molar-refractivity contribution in [2.45, 2.75) is 19.4 Å². The maximum atomic E-state index is 3.39. The molecule has 0 aliphatic rings. The highest BCUT2D eigenvalue weighted by Gasteiger charge is 2.11. The zero-order chi connectivity index (χ0) is 13.7. The normalized spacial score (nSPS) is 12.2. The van der Waals surface area contributed by atoms with Gasteiger partial charge in [0, 0.05) is 12.7 Å². The summed E-state index contributed by atoms with van der Waals surface area (Å²) in [5.41, 5.74) is 5.10. The van der Waals surface area contributed by atoms with Crippen LogP contribution in [0.1, 0.15) is 29.7 Å². The lowest BCUT2D eigenvalue weighted by Crippen LogP contribution is -2.17. The van der Waals surface area contributed by atoms with Crippen molar-refractivity contribution in [2.75, 3.05) is 19.4 Å². The lowest BCUT2D eigenvalue weighted by atomic mass is 9.97. The van der Waals surface area contributed by atoms with E-state index in [9.17, 15) is 0 Å². The van der Waals surface area contributed by atoms with E-state index in [-0.39, 0.29) is 6.04 Å². The number of hydrogen-bond donors (Lipinski definition) is 2. The number of aryl methyl sites for hydroxylation is 1. The number of hydrogen-bond acceptors (Lipinski definition) is 2. The Morgan fingerprint density at radius 2 is 1.37 bits per heavy atom. The SMILES string of the molecule is CCc1ccc(C(NC)c2ccc(NC)cc2)cc1. The molecule has 2 nitrogen and oxygen atoms in total. The minimum Gasteiger partial charge on any atom is -0.388 e. The smallest absolute Gasteiger partial charge is 0.0574 e. The van der Waals surface area contributed by atoms with Gasteiger partial charge in [0.05, 0.1) is 6.04 Å². The van der Waals surface area contributed by atoms with Gasteiger partial charge in [0.1, 0.15) is 0 Å². The van der Waals surface area contributed by atoms with Crippen LogP contribution in [0.4, 0.5) is 5.69 Å². The van der Waals surface area contributed by atoms with E-state index in [1.807, 2.05) is 14.1 Å². The molecule has 1 atom stereocenters. The first-order valence-corrected chi connectivity index (χ1v) is 6.82. The number of rotatable bonds is 5. The summed E-state index contributed by atoms with van der Waals surface area (Å²) in [7, 11) is 3.94. The molecule has 0 amide bonds. The van der Waals surface area contributed by atoms with Gasteiger partial charge < -0.3 is 10.6 Å². The summed E-state index contributed by atoms with van der Waals surface area (Å²) < 4.78 is 0. The van der Waals surface area contributed by atoms with Gasteiger partial charge in [-0.3, -0.25) is 0 Å². The molecule has 0 heterocycles. The highest BCUT2D eigenvalue weighted by atomic mass is 14.9. The average Bonchev–Trinajstić information content (AvgIpc) is 2.49. The van der Waals surface area contributed by atoms with Gasteiger partial charge in [-0.25, -0.2) is 0 Å². The lowest BCUT2D eigenvalue weighted by molar-refractivity contribution is 0.691. The molecule has 2 heteroatoms. The molecule has 0 fully saturated rings. The van der Waals surface area contributed by atoms with Crippen LogP contribution in [-0.4, -0.2) is 14.1 Å². The molecule has 0 aliphatic heterocycles. The third-order valence-electron chi connectivity index (χ3n) is 3.54. The molecule has 2 rings (SSSR count). The van der Waals surface area contributed by atoms with Crippen molar-refractivity contribution in [1.29, 1.82) is 0 Å². The van der Waals surface area contributed by atoms with Gasteiger partial charge in [0.15, 0.2) is 0 Å². The number of benzene rings is 2. The summed E-state index contributed by atoms with van der Waals surface area (Å²) in [6.45, 7) is 2.18. The van der Waals surface area contributed by atoms with Crippen molar-refractivity contribution < 1.29 is 0 Å². The lowest BCUT2D eigenvalue weighted by Gasteiger charge is -2.18. The zero-order valence-corrected chi connectivity index (χ0v) is 11.9. The van der Waals surface area contributed by atoms with E-state index in [4.69, 9.17) is 0 Å². The molecule has 2 aromatic rings. The third-order valence-corrected chi connectivity index (χ3v) is 3.54. The summed E-state index contributed by atoms with van der Waals surface area (Å²) >= 11 is 0. The quantitative estimate of drug-likeness (QED) is 0.852. The minimum atomic E-state index is 0.247. The molecule has 0 saturated heterocycles. The Balaban J connectivity index is 2.26. The van der Waals surface area contributed by atoms with Gasteiger partial charge in [-0.15, -0.1) is 0 Å². The molecule has 0 bridgehead atoms. The van der Waals surface area contributed by atoms with Crippen molar-refractivity contribution in [1.82, 2.24) is 5.32 Å². The molecule has 2 N–H and O–H groups in total. The Hall–Kier alpha value is -1.80. The Kier molecular flexibility index (Phi) is 4.58. The summed E-state index contributed by atoms with van der Waals surface area (Å²) in [5.74, 6) is 0. The molecule has 0 spiro atoms. The van der Waals surface area contributed by atoms with E-state index in [0.29, 0.717) is 0 Å². The fraction of sp³-hybridized carbons (Fsp3) is 0.294. The maximum absolute atomic E-state index is 3.39. The van der Waals surface area contributed by atoms with Crippen LogP contribution < -0.4 is 10.6 Å². The Labute approximate surface area is 115 Å². The van der Waals surface area contributed by atoms with Gasteiger partial charge in [0.2, 0.25) is 0 Å². The second-order valence-corrected chi connectivity index (χ2v) is 4.69. The molecule has 0 saturated carbocycles. The van der Waals surface area contributed by atoms with E-state index in [2.05, 4.69) is 66.1 Å². The van der Waals surface area contributed by atoms with E-state index in [1.165, 1.54) is 16.7 Å². The molecule has 19 heavy (non-hydrogen) atoms. The van der Waals surface area contributed by atoms with Gasteiger partial charge in [-0.2, -0.15) is 0 Å². The van der Waals surface area contributed by atoms with Gasteiger partial charge in [-0.05, 0) is 42.3 Å². The molecular formula is C17H22N2. The highest BCUT2D eigenvalue weighted by Crippen LogP contribution is 2.23. The monoisotopic (exact) mass is 254 g/mol. The fourth-order valence-electron chi connectivity index (χ4n) is 2.31. The maximum Gasteiger partial charge on any atom is 0.0574 e. The van der Waals surface area contributed by atoms with Gasteiger partial charge >= 0.3 is 0 Å². The summed E-state index contributed by atoms with van der Waals surface area (Å²) in [4.78, 5) is 0. The van der Waals surface area contributed by atoms with Crippen LogP contribution in [0.5, 0.6) is 0 Å². The van der Waals surface area contributed by atoms with Gasteiger partial charge in [-0.1, -0.05) is 43.3 Å². The van der Waals surface area contributed by atoms with Crippen LogP contribution >= 0.6 is 0 Å². The van der Waals surface area contributed by atoms with Crippen LogP contribution in [0.25, 0.3) is 0 Å². The van der Waals surface area contributed by atoms with Crippen molar-refractivity contribution in [3.63, 3.8) is 0 Å². The third kappa shape index (κ3) is 3.15. The molecule has 2 aromatic carbocycles. The average molecular weight is 254 g/mol. The predicted molar refractivity (Wildman–Crippen MR) is 82.7 cm³/mol. The van der Waals surface area contributed by atoms with E-state index < -0.39 is 0 Å². The summed E-state index contributed by atoms with van der Waals surface area (Å²) in [6.07, 6.45) is 1.08. The number of anilines is 1. The molecule has 0 aromatic heterocycles. The molecular weight excluding hydrogens is 232 g/mol. The second kappa shape index (κ2) is 6.39. The predicted octanol–water partition coefficient (Wildman–Crippen LogP) is 3.60. The number of nitrogens with one attached hydrogen (secondary N) is 2. The van der Waals surface area contributed by atoms with Crippen molar-refractivity contribution >= 4 is 5.69 Å². The molecule has 100 valence electrons. The molecule has 1 unspecified atom stereocenters. The second-order valence-electron chi connectivity index (χ2n) is 4.69. The Morgan fingerprint density at radius 3 is 1.79 bits per heavy atom. The van der Waals surface area contributed by atoms with Crippen LogP contribution in [0.2, 0.25) is 0 Å². The van der Waals surface area contributed by atoms with Crippen LogP contribution in [0.3, 0.4) is 0 Å². The standard InChI is InChI=1S/C17H22N2/c1-4-13-5-7-14(8-6-13)17(19-3)15-9-11-16(18-2)12-10-15/h5-12,17-19H,4H2,1-3H3. The van der Waals surface area contributed by atoms with E-state index in [1.54, 1.807) is 0 Å². The highest BCUT2D eigenvalue weighted by molar-refractivity contribution is 5.46. The first-order chi connectivity index (χ1) is 9.28. The van der Waals surface area contributed by atoms with Crippen molar-refractivity contribution in [2.24, 2.45) is 0 Å². The molecule has 0 radical (unpaired) electrons. The fourth-order valence-corrected chi connectivity index (χ4v) is 2.31. The summed E-state index contributed by atoms with van der Waals surface area (Å²) in [6, 6.07) is 17.7. The molecule has 0 aliphatic carbocycles. The minimum absolute atomic E-state index is 0.247. The van der Waals surface area contributed by atoms with Crippen LogP contribution in [0, 0.1) is 0 Å². The summed E-state index contributed by atoms with van der Waals surface area (Å²) in [5, 5.41) is 6.53. The first-order valence-electron chi connectivity index (χ1n) is 6.82. The Morgan fingerprint density at radius 1 is 0.842 bits per heavy atom. The van der Waals surface area contributed by atoms with Gasteiger partial charge in [0.25, 0.3) is 0 Å². The van der Waals surface area contributed by atoms with Crippen molar-refractivity contribution in [3.8, 4) is 0 Å². The van der Waals surface area contributed by atoms with Crippen LogP contribution in [-0.2, 0) is 6.42 Å². The largest absolute Gasteiger partial charge is 0.388 e. The van der Waals surface area contributed by atoms with Crippen molar-refractivity contribution in [3.05, 3.63) is 65.2 Å².